The van der Waals surface area contributed by atoms with E-state index in [1.807, 2.05) is 0 Å². The van der Waals surface area contributed by atoms with Gasteiger partial charge in [0.25, 0.3) is 0 Å². The Hall–Kier alpha value is -2.37. The molecule has 6 heteroatoms. The fourth-order valence-electron chi connectivity index (χ4n) is 1.81. The zero-order chi connectivity index (χ0) is 16.4. The van der Waals surface area contributed by atoms with E-state index in [9.17, 15) is 14.4 Å². The molecule has 0 aliphatic carbocycles. The lowest BCUT2D eigenvalue weighted by Gasteiger charge is -2.06. The summed E-state index contributed by atoms with van der Waals surface area (Å²) in [5.41, 5.74) is 0.334. The molecule has 1 rings (SSSR count). The van der Waals surface area contributed by atoms with Gasteiger partial charge in [0.2, 0.25) is 0 Å². The van der Waals surface area contributed by atoms with Crippen molar-refractivity contribution in [1.29, 1.82) is 0 Å². The topological polar surface area (TPSA) is 81.7 Å². The molecule has 0 radical (unpaired) electrons. The molecule has 1 amide bonds. The second kappa shape index (κ2) is 9.55. The zero-order valence-electron chi connectivity index (χ0n) is 12.9. The van der Waals surface area contributed by atoms with Crippen LogP contribution in [-0.4, -0.2) is 31.7 Å². The molecule has 1 aromatic carbocycles. The summed E-state index contributed by atoms with van der Waals surface area (Å²) in [5.74, 6) is -1.37. The molecular formula is C16H21NO5. The van der Waals surface area contributed by atoms with Gasteiger partial charge < -0.3 is 14.8 Å². The van der Waals surface area contributed by atoms with Crippen LogP contribution in [-0.2, 0) is 9.47 Å². The molecule has 0 saturated heterocycles. The Morgan fingerprint density at radius 1 is 1.05 bits per heavy atom. The van der Waals surface area contributed by atoms with Crippen LogP contribution in [0.5, 0.6) is 0 Å². The van der Waals surface area contributed by atoms with Crippen molar-refractivity contribution in [3.05, 3.63) is 35.4 Å². The van der Waals surface area contributed by atoms with Gasteiger partial charge >= 0.3 is 18.0 Å². The number of hydrogen-bond acceptors (Lipinski definition) is 5. The molecule has 1 aromatic rings. The van der Waals surface area contributed by atoms with E-state index in [1.54, 1.807) is 0 Å². The van der Waals surface area contributed by atoms with Crippen molar-refractivity contribution in [2.45, 2.75) is 32.6 Å². The zero-order valence-corrected chi connectivity index (χ0v) is 12.9. The third-order valence-electron chi connectivity index (χ3n) is 3.00. The number of esters is 2. The number of carbonyl (C=O) groups is 3. The summed E-state index contributed by atoms with van der Waals surface area (Å²) in [4.78, 5) is 34.7. The molecule has 0 bridgehead atoms. The number of nitrogens with one attached hydrogen (secondary N) is 1. The van der Waals surface area contributed by atoms with E-state index >= 15 is 0 Å². The number of ether oxygens (including phenoxy) is 2. The fraction of sp³-hybridized carbons (Fsp3) is 0.438. The Labute approximate surface area is 129 Å². The Morgan fingerprint density at radius 3 is 2.36 bits per heavy atom. The summed E-state index contributed by atoms with van der Waals surface area (Å²) in [7, 11) is 1.25. The van der Waals surface area contributed by atoms with E-state index in [1.165, 1.54) is 31.4 Å². The lowest BCUT2D eigenvalue weighted by Crippen LogP contribution is -2.27. The number of benzene rings is 1. The van der Waals surface area contributed by atoms with Crippen LogP contribution in [0.1, 0.15) is 53.3 Å². The number of hydrogen-bond donors (Lipinski definition) is 1. The largest absolute Gasteiger partial charge is 0.465 e. The van der Waals surface area contributed by atoms with Crippen molar-refractivity contribution >= 4 is 18.0 Å². The molecule has 0 atom stereocenters. The average molecular weight is 307 g/mol. The lowest BCUT2D eigenvalue weighted by molar-refractivity contribution is 0.0600. The van der Waals surface area contributed by atoms with Gasteiger partial charge in [0.1, 0.15) is 0 Å². The van der Waals surface area contributed by atoms with Crippen molar-refractivity contribution in [2.75, 3.05) is 13.7 Å². The summed E-state index contributed by atoms with van der Waals surface area (Å²) >= 11 is 0. The van der Waals surface area contributed by atoms with Gasteiger partial charge in [0, 0.05) is 6.54 Å². The van der Waals surface area contributed by atoms with Crippen molar-refractivity contribution in [3.8, 4) is 0 Å². The summed E-state index contributed by atoms with van der Waals surface area (Å²) in [6, 6.07) is 5.81. The molecule has 120 valence electrons. The molecule has 6 nitrogen and oxygen atoms in total. The SMILES string of the molecule is CCCCCCNC(=O)OC(=O)c1cccc(C(=O)OC)c1. The van der Waals surface area contributed by atoms with Crippen LogP contribution in [0.15, 0.2) is 24.3 Å². The maximum Gasteiger partial charge on any atom is 0.415 e. The highest BCUT2D eigenvalue weighted by atomic mass is 16.6. The van der Waals surface area contributed by atoms with E-state index in [-0.39, 0.29) is 11.1 Å². The Kier molecular flexibility index (Phi) is 7.67. The van der Waals surface area contributed by atoms with Gasteiger partial charge in [-0.15, -0.1) is 0 Å². The molecule has 0 fully saturated rings. The number of alkyl carbamates (subject to hydrolysis) is 1. The standard InChI is InChI=1S/C16H21NO5/c1-3-4-5-6-10-17-16(20)22-15(19)13-9-7-8-12(11-13)14(18)21-2/h7-9,11H,3-6,10H2,1-2H3,(H,17,20). The number of rotatable bonds is 7. The second-order valence-electron chi connectivity index (χ2n) is 4.74. The Morgan fingerprint density at radius 2 is 1.73 bits per heavy atom. The molecule has 0 spiro atoms. The van der Waals surface area contributed by atoms with Crippen molar-refractivity contribution in [2.24, 2.45) is 0 Å². The first-order chi connectivity index (χ1) is 10.6. The number of unbranched alkanes of at least 4 members (excludes halogenated alkanes) is 3. The maximum atomic E-state index is 11.8. The molecule has 1 N–H and O–H groups in total. The van der Waals surface area contributed by atoms with E-state index in [0.717, 1.165) is 25.7 Å². The highest BCUT2D eigenvalue weighted by molar-refractivity contribution is 5.99. The van der Waals surface area contributed by atoms with Crippen LogP contribution in [0.3, 0.4) is 0 Å². The van der Waals surface area contributed by atoms with Gasteiger partial charge in [-0.05, 0) is 24.6 Å². The van der Waals surface area contributed by atoms with Crippen LogP contribution in [0.4, 0.5) is 4.79 Å². The van der Waals surface area contributed by atoms with Crippen molar-refractivity contribution in [3.63, 3.8) is 0 Å². The van der Waals surface area contributed by atoms with Crippen molar-refractivity contribution in [1.82, 2.24) is 5.32 Å². The minimum atomic E-state index is -0.809. The Bertz CT molecular complexity index is 527. The van der Waals surface area contributed by atoms with E-state index in [2.05, 4.69) is 21.7 Å². The van der Waals surface area contributed by atoms with Gasteiger partial charge in [0.15, 0.2) is 0 Å². The van der Waals surface area contributed by atoms with Crippen LogP contribution in [0.2, 0.25) is 0 Å². The normalized spacial score (nSPS) is 9.91. The molecule has 0 aromatic heterocycles. The predicted octanol–water partition coefficient (Wildman–Crippen LogP) is 2.92. The van der Waals surface area contributed by atoms with Crippen molar-refractivity contribution < 1.29 is 23.9 Å². The average Bonchev–Trinajstić information content (AvgIpc) is 2.54. The first-order valence-electron chi connectivity index (χ1n) is 7.27. The minimum Gasteiger partial charge on any atom is -0.465 e. The summed E-state index contributed by atoms with van der Waals surface area (Å²) in [6.45, 7) is 2.57. The third-order valence-corrected chi connectivity index (χ3v) is 3.00. The third kappa shape index (κ3) is 5.95. The molecular weight excluding hydrogens is 286 g/mol. The smallest absolute Gasteiger partial charge is 0.415 e. The lowest BCUT2D eigenvalue weighted by atomic mass is 10.1. The first kappa shape index (κ1) is 17.7. The fourth-order valence-corrected chi connectivity index (χ4v) is 1.81. The van der Waals surface area contributed by atoms with Gasteiger partial charge in [-0.2, -0.15) is 0 Å². The van der Waals surface area contributed by atoms with Gasteiger partial charge in [-0.3, -0.25) is 0 Å². The molecule has 0 unspecified atom stereocenters. The summed E-state index contributed by atoms with van der Waals surface area (Å²) in [6.07, 6.45) is 3.29. The molecule has 0 aliphatic rings. The van der Waals surface area contributed by atoms with E-state index < -0.39 is 18.0 Å². The number of carbonyl (C=O) groups excluding carboxylic acids is 3. The molecule has 0 saturated carbocycles. The maximum absolute atomic E-state index is 11.8. The molecule has 0 heterocycles. The van der Waals surface area contributed by atoms with Crippen LogP contribution < -0.4 is 5.32 Å². The predicted molar refractivity (Wildman–Crippen MR) is 80.7 cm³/mol. The quantitative estimate of drug-likeness (QED) is 0.476. The second-order valence-corrected chi connectivity index (χ2v) is 4.74. The summed E-state index contributed by atoms with van der Waals surface area (Å²) < 4.78 is 9.24. The van der Waals surface area contributed by atoms with Gasteiger partial charge in [-0.25, -0.2) is 14.4 Å². The highest BCUT2D eigenvalue weighted by Crippen LogP contribution is 2.08. The van der Waals surface area contributed by atoms with Crippen LogP contribution in [0.25, 0.3) is 0 Å². The monoisotopic (exact) mass is 307 g/mol. The van der Waals surface area contributed by atoms with E-state index in [0.29, 0.717) is 6.54 Å². The van der Waals surface area contributed by atoms with Gasteiger partial charge in [-0.1, -0.05) is 32.3 Å². The Balaban J connectivity index is 2.47. The van der Waals surface area contributed by atoms with Crippen LogP contribution >= 0.6 is 0 Å². The first-order valence-corrected chi connectivity index (χ1v) is 7.27. The number of methoxy groups -OCH3 is 1. The molecule has 22 heavy (non-hydrogen) atoms. The van der Waals surface area contributed by atoms with Crippen LogP contribution in [0, 0.1) is 0 Å². The molecule has 0 aliphatic heterocycles. The van der Waals surface area contributed by atoms with E-state index in [4.69, 9.17) is 0 Å². The number of amides is 1. The van der Waals surface area contributed by atoms with Gasteiger partial charge in [0.05, 0.1) is 18.2 Å². The summed E-state index contributed by atoms with van der Waals surface area (Å²) in [5, 5.41) is 2.52. The highest BCUT2D eigenvalue weighted by Gasteiger charge is 2.14. The minimum absolute atomic E-state index is 0.115.